The van der Waals surface area contributed by atoms with Gasteiger partial charge < -0.3 is 15.0 Å². The number of aromatic nitrogens is 1. The number of benzene rings is 1. The van der Waals surface area contributed by atoms with E-state index in [0.29, 0.717) is 0 Å². The lowest BCUT2D eigenvalue weighted by atomic mass is 9.79. The molecule has 1 saturated carbocycles. The summed E-state index contributed by atoms with van der Waals surface area (Å²) in [6.45, 7) is 0.748. The maximum absolute atomic E-state index is 6.12. The maximum atomic E-state index is 6.12. The number of fused-ring (bicyclic) bond motifs is 1. The fourth-order valence-corrected chi connectivity index (χ4v) is 3.55. The van der Waals surface area contributed by atoms with E-state index in [0.717, 1.165) is 12.3 Å². The van der Waals surface area contributed by atoms with Crippen molar-refractivity contribution in [1.82, 2.24) is 4.57 Å². The Morgan fingerprint density at radius 3 is 2.68 bits per heavy atom. The standard InChI is InChI=1S/C16H22N2O/c1-18-10-14(16(11-17)7-3-4-8-16)13-6-5-12(19-2)9-15(13)18/h5-6,9-10H,3-4,7-8,11,17H2,1-2H3. The molecular weight excluding hydrogens is 236 g/mol. The van der Waals surface area contributed by atoms with Gasteiger partial charge in [-0.05, 0) is 30.5 Å². The van der Waals surface area contributed by atoms with Crippen molar-refractivity contribution >= 4 is 10.9 Å². The summed E-state index contributed by atoms with van der Waals surface area (Å²) in [5.41, 5.74) is 8.97. The molecule has 102 valence electrons. The van der Waals surface area contributed by atoms with Crippen LogP contribution < -0.4 is 10.5 Å². The van der Waals surface area contributed by atoms with E-state index in [9.17, 15) is 0 Å². The molecule has 0 radical (unpaired) electrons. The molecule has 0 saturated heterocycles. The van der Waals surface area contributed by atoms with E-state index in [-0.39, 0.29) is 5.41 Å². The van der Waals surface area contributed by atoms with Crippen LogP contribution in [0.3, 0.4) is 0 Å². The van der Waals surface area contributed by atoms with Gasteiger partial charge in [0.05, 0.1) is 12.6 Å². The fraction of sp³-hybridized carbons (Fsp3) is 0.500. The van der Waals surface area contributed by atoms with Gasteiger partial charge in [0.2, 0.25) is 0 Å². The Bertz CT molecular complexity index is 594. The van der Waals surface area contributed by atoms with Gasteiger partial charge in [-0.3, -0.25) is 0 Å². The molecule has 1 fully saturated rings. The second kappa shape index (κ2) is 4.57. The van der Waals surface area contributed by atoms with Gasteiger partial charge in [0.1, 0.15) is 5.75 Å². The molecule has 3 nitrogen and oxygen atoms in total. The number of hydrogen-bond acceptors (Lipinski definition) is 2. The van der Waals surface area contributed by atoms with E-state index in [4.69, 9.17) is 10.5 Å². The zero-order chi connectivity index (χ0) is 13.5. The molecule has 0 spiro atoms. The van der Waals surface area contributed by atoms with Crippen molar-refractivity contribution in [3.05, 3.63) is 30.0 Å². The van der Waals surface area contributed by atoms with E-state index < -0.39 is 0 Å². The minimum Gasteiger partial charge on any atom is -0.497 e. The van der Waals surface area contributed by atoms with Crippen LogP contribution in [0.1, 0.15) is 31.2 Å². The number of nitrogens with two attached hydrogens (primary N) is 1. The zero-order valence-electron chi connectivity index (χ0n) is 11.8. The Morgan fingerprint density at radius 1 is 1.32 bits per heavy atom. The molecule has 3 rings (SSSR count). The summed E-state index contributed by atoms with van der Waals surface area (Å²) < 4.78 is 7.52. The highest BCUT2D eigenvalue weighted by Crippen LogP contribution is 2.43. The minimum atomic E-state index is 0.189. The number of aryl methyl sites for hydroxylation is 1. The molecule has 0 atom stereocenters. The van der Waals surface area contributed by atoms with E-state index in [1.165, 1.54) is 42.1 Å². The van der Waals surface area contributed by atoms with Gasteiger partial charge in [0.25, 0.3) is 0 Å². The van der Waals surface area contributed by atoms with Crippen LogP contribution in [-0.4, -0.2) is 18.2 Å². The van der Waals surface area contributed by atoms with Gasteiger partial charge in [0.15, 0.2) is 0 Å². The summed E-state index contributed by atoms with van der Waals surface area (Å²) in [5, 5.41) is 1.33. The van der Waals surface area contributed by atoms with Crippen LogP contribution in [-0.2, 0) is 12.5 Å². The molecule has 1 aromatic heterocycles. The molecule has 0 bridgehead atoms. The molecule has 1 aromatic carbocycles. The molecule has 2 N–H and O–H groups in total. The molecule has 19 heavy (non-hydrogen) atoms. The number of rotatable bonds is 3. The summed E-state index contributed by atoms with van der Waals surface area (Å²) in [7, 11) is 3.81. The molecule has 3 heteroatoms. The topological polar surface area (TPSA) is 40.2 Å². The minimum absolute atomic E-state index is 0.189. The Balaban J connectivity index is 2.19. The molecule has 0 aliphatic heterocycles. The van der Waals surface area contributed by atoms with E-state index in [1.54, 1.807) is 7.11 Å². The summed E-state index contributed by atoms with van der Waals surface area (Å²) in [6, 6.07) is 6.34. The first-order valence-electron chi connectivity index (χ1n) is 7.04. The lowest BCUT2D eigenvalue weighted by Gasteiger charge is -2.27. The number of methoxy groups -OCH3 is 1. The van der Waals surface area contributed by atoms with E-state index in [1.807, 2.05) is 6.07 Å². The van der Waals surface area contributed by atoms with Gasteiger partial charge in [-0.25, -0.2) is 0 Å². The zero-order valence-corrected chi connectivity index (χ0v) is 11.8. The summed E-state index contributed by atoms with van der Waals surface area (Å²) in [5.74, 6) is 0.911. The summed E-state index contributed by atoms with van der Waals surface area (Å²) in [4.78, 5) is 0. The summed E-state index contributed by atoms with van der Waals surface area (Å²) >= 11 is 0. The normalized spacial score (nSPS) is 18.1. The van der Waals surface area contributed by atoms with Crippen molar-refractivity contribution in [3.63, 3.8) is 0 Å². The average Bonchev–Trinajstić information content (AvgIpc) is 3.04. The largest absolute Gasteiger partial charge is 0.497 e. The Labute approximate surface area is 114 Å². The predicted molar refractivity (Wildman–Crippen MR) is 78.7 cm³/mol. The third-order valence-corrected chi connectivity index (χ3v) is 4.72. The van der Waals surface area contributed by atoms with Crippen molar-refractivity contribution in [2.75, 3.05) is 13.7 Å². The number of hydrogen-bond donors (Lipinski definition) is 1. The third-order valence-electron chi connectivity index (χ3n) is 4.72. The van der Waals surface area contributed by atoms with E-state index >= 15 is 0 Å². The maximum Gasteiger partial charge on any atom is 0.120 e. The lowest BCUT2D eigenvalue weighted by molar-refractivity contribution is 0.415. The predicted octanol–water partition coefficient (Wildman–Crippen LogP) is 2.96. The lowest BCUT2D eigenvalue weighted by Crippen LogP contribution is -2.31. The van der Waals surface area contributed by atoms with Crippen LogP contribution in [0.15, 0.2) is 24.4 Å². The summed E-state index contributed by atoms with van der Waals surface area (Å²) in [6.07, 6.45) is 7.29. The molecule has 2 aromatic rings. The van der Waals surface area contributed by atoms with Crippen LogP contribution in [0.4, 0.5) is 0 Å². The van der Waals surface area contributed by atoms with Crippen LogP contribution in [0.2, 0.25) is 0 Å². The van der Waals surface area contributed by atoms with Crippen molar-refractivity contribution in [2.45, 2.75) is 31.1 Å². The van der Waals surface area contributed by atoms with E-state index in [2.05, 4.69) is 29.9 Å². The highest BCUT2D eigenvalue weighted by molar-refractivity contribution is 5.86. The van der Waals surface area contributed by atoms with Crippen molar-refractivity contribution in [1.29, 1.82) is 0 Å². The Morgan fingerprint density at radius 2 is 2.05 bits per heavy atom. The number of ether oxygens (including phenoxy) is 1. The van der Waals surface area contributed by atoms with Gasteiger partial charge in [-0.15, -0.1) is 0 Å². The highest BCUT2D eigenvalue weighted by Gasteiger charge is 2.36. The fourth-order valence-electron chi connectivity index (χ4n) is 3.55. The molecule has 0 amide bonds. The smallest absolute Gasteiger partial charge is 0.120 e. The Kier molecular flexibility index (Phi) is 3.02. The average molecular weight is 258 g/mol. The second-order valence-electron chi connectivity index (χ2n) is 5.73. The first-order valence-corrected chi connectivity index (χ1v) is 7.04. The first kappa shape index (κ1) is 12.5. The van der Waals surface area contributed by atoms with Gasteiger partial charge in [-0.1, -0.05) is 12.8 Å². The van der Waals surface area contributed by atoms with Crippen molar-refractivity contribution in [2.24, 2.45) is 12.8 Å². The van der Waals surface area contributed by atoms with Crippen LogP contribution in [0.5, 0.6) is 5.75 Å². The van der Waals surface area contributed by atoms with Gasteiger partial charge >= 0.3 is 0 Å². The quantitative estimate of drug-likeness (QED) is 0.919. The molecular formula is C16H22N2O. The molecule has 1 aliphatic carbocycles. The molecule has 0 unspecified atom stereocenters. The van der Waals surface area contributed by atoms with Crippen molar-refractivity contribution < 1.29 is 4.74 Å². The monoisotopic (exact) mass is 258 g/mol. The first-order chi connectivity index (χ1) is 9.20. The SMILES string of the molecule is COc1ccc2c(C3(CN)CCCC3)cn(C)c2c1. The Hall–Kier alpha value is -1.48. The van der Waals surface area contributed by atoms with Crippen LogP contribution in [0.25, 0.3) is 10.9 Å². The highest BCUT2D eigenvalue weighted by atomic mass is 16.5. The number of nitrogens with zero attached hydrogens (tertiary/aromatic N) is 1. The van der Waals surface area contributed by atoms with Crippen LogP contribution in [0, 0.1) is 0 Å². The van der Waals surface area contributed by atoms with Crippen LogP contribution >= 0.6 is 0 Å². The van der Waals surface area contributed by atoms with Gasteiger partial charge in [0, 0.05) is 36.7 Å². The van der Waals surface area contributed by atoms with Gasteiger partial charge in [-0.2, -0.15) is 0 Å². The molecule has 1 aliphatic rings. The molecule has 1 heterocycles. The third kappa shape index (κ3) is 1.84. The van der Waals surface area contributed by atoms with Crippen molar-refractivity contribution in [3.8, 4) is 5.75 Å². The second-order valence-corrected chi connectivity index (χ2v) is 5.73.